The molecular weight excluding hydrogens is 267 g/mol. The first-order valence-electron chi connectivity index (χ1n) is 7.21. The van der Waals surface area contributed by atoms with Crippen LogP contribution >= 0.6 is 0 Å². The van der Waals surface area contributed by atoms with E-state index in [0.29, 0.717) is 17.8 Å². The smallest absolute Gasteiger partial charge is 0.399 e. The van der Waals surface area contributed by atoms with Gasteiger partial charge in [-0.15, -0.1) is 0 Å². The zero-order valence-electron chi connectivity index (χ0n) is 13.3. The van der Waals surface area contributed by atoms with E-state index in [4.69, 9.17) is 15.0 Å². The molecule has 0 aromatic heterocycles. The summed E-state index contributed by atoms with van der Waals surface area (Å²) in [5.41, 5.74) is 6.66. The predicted molar refractivity (Wildman–Crippen MR) is 84.8 cm³/mol. The van der Waals surface area contributed by atoms with Crippen molar-refractivity contribution in [2.24, 2.45) is 5.73 Å². The Kier molecular flexibility index (Phi) is 4.04. The highest BCUT2D eigenvalue weighted by molar-refractivity contribution is 6.62. The van der Waals surface area contributed by atoms with E-state index in [1.165, 1.54) is 0 Å². The zero-order chi connectivity index (χ0) is 15.8. The van der Waals surface area contributed by atoms with Crippen LogP contribution in [0.2, 0.25) is 0 Å². The van der Waals surface area contributed by atoms with E-state index in [9.17, 15) is 4.79 Å². The first kappa shape index (κ1) is 15.9. The van der Waals surface area contributed by atoms with Crippen molar-refractivity contribution in [3.8, 4) is 0 Å². The van der Waals surface area contributed by atoms with Gasteiger partial charge < -0.3 is 20.4 Å². The largest absolute Gasteiger partial charge is 0.494 e. The Bertz CT molecular complexity index is 542. The van der Waals surface area contributed by atoms with Gasteiger partial charge in [0, 0.05) is 12.2 Å². The van der Waals surface area contributed by atoms with Crippen LogP contribution in [0, 0.1) is 0 Å². The van der Waals surface area contributed by atoms with Crippen LogP contribution in [-0.2, 0) is 9.31 Å². The van der Waals surface area contributed by atoms with Crippen molar-refractivity contribution in [2.75, 3.05) is 11.9 Å². The van der Waals surface area contributed by atoms with Crippen LogP contribution in [-0.4, -0.2) is 30.8 Å². The minimum atomic E-state index is -0.452. The zero-order valence-corrected chi connectivity index (χ0v) is 13.3. The monoisotopic (exact) mass is 290 g/mol. The lowest BCUT2D eigenvalue weighted by molar-refractivity contribution is 0.00578. The van der Waals surface area contributed by atoms with Crippen molar-refractivity contribution in [1.82, 2.24) is 0 Å². The number of carbonyl (C=O) groups excluding carboxylic acids is 1. The molecule has 114 valence electrons. The van der Waals surface area contributed by atoms with Gasteiger partial charge in [-0.3, -0.25) is 4.79 Å². The molecule has 0 unspecified atom stereocenters. The Morgan fingerprint density at radius 2 is 1.81 bits per heavy atom. The number of anilines is 1. The lowest BCUT2D eigenvalue weighted by Gasteiger charge is -2.32. The molecule has 0 atom stereocenters. The molecule has 1 aliphatic rings. The third kappa shape index (κ3) is 2.92. The van der Waals surface area contributed by atoms with Crippen LogP contribution < -0.4 is 16.5 Å². The molecule has 1 aromatic rings. The average Bonchev–Trinajstić information content (AvgIpc) is 2.58. The van der Waals surface area contributed by atoms with E-state index in [-0.39, 0.29) is 0 Å². The lowest BCUT2D eigenvalue weighted by Crippen LogP contribution is -2.41. The van der Waals surface area contributed by atoms with Gasteiger partial charge in [-0.05, 0) is 52.2 Å². The molecule has 2 rings (SSSR count). The van der Waals surface area contributed by atoms with Crippen LogP contribution in [0.1, 0.15) is 45.0 Å². The first-order chi connectivity index (χ1) is 9.68. The van der Waals surface area contributed by atoms with E-state index in [0.717, 1.165) is 5.46 Å². The van der Waals surface area contributed by atoms with E-state index >= 15 is 0 Å². The summed E-state index contributed by atoms with van der Waals surface area (Å²) in [6, 6.07) is 5.40. The first-order valence-corrected chi connectivity index (χ1v) is 7.21. The number of benzene rings is 1. The van der Waals surface area contributed by atoms with Crippen LogP contribution in [0.5, 0.6) is 0 Å². The van der Waals surface area contributed by atoms with Crippen molar-refractivity contribution >= 4 is 24.2 Å². The van der Waals surface area contributed by atoms with Gasteiger partial charge in [-0.2, -0.15) is 0 Å². The molecule has 1 fully saturated rings. The number of rotatable bonds is 4. The van der Waals surface area contributed by atoms with Crippen molar-refractivity contribution in [1.29, 1.82) is 0 Å². The SMILES string of the molecule is CCNc1cc(B2OC(C)(C)C(C)(C)O2)ccc1C(N)=O. The topological polar surface area (TPSA) is 73.6 Å². The molecule has 3 N–H and O–H groups in total. The highest BCUT2D eigenvalue weighted by Crippen LogP contribution is 2.36. The fraction of sp³-hybridized carbons (Fsp3) is 0.533. The van der Waals surface area contributed by atoms with Crippen molar-refractivity contribution in [3.63, 3.8) is 0 Å². The van der Waals surface area contributed by atoms with E-state index < -0.39 is 24.2 Å². The van der Waals surface area contributed by atoms with E-state index in [1.807, 2.05) is 46.8 Å². The molecule has 0 spiro atoms. The maximum atomic E-state index is 11.5. The summed E-state index contributed by atoms with van der Waals surface area (Å²) >= 11 is 0. The molecule has 1 aliphatic heterocycles. The fourth-order valence-electron chi connectivity index (χ4n) is 2.24. The molecule has 1 saturated heterocycles. The van der Waals surface area contributed by atoms with Gasteiger partial charge in [0.05, 0.1) is 16.8 Å². The molecule has 6 heteroatoms. The Morgan fingerprint density at radius 3 is 2.29 bits per heavy atom. The third-order valence-corrected chi connectivity index (χ3v) is 4.20. The maximum Gasteiger partial charge on any atom is 0.494 e. The third-order valence-electron chi connectivity index (χ3n) is 4.20. The molecule has 1 heterocycles. The molecular formula is C15H23BN2O3. The summed E-state index contributed by atoms with van der Waals surface area (Å²) in [4.78, 5) is 11.5. The second-order valence-electron chi connectivity index (χ2n) is 6.29. The number of nitrogens with one attached hydrogen (secondary N) is 1. The molecule has 0 radical (unpaired) electrons. The quantitative estimate of drug-likeness (QED) is 0.824. The van der Waals surface area contributed by atoms with Gasteiger partial charge in [0.15, 0.2) is 0 Å². The molecule has 0 saturated carbocycles. The lowest BCUT2D eigenvalue weighted by atomic mass is 9.78. The molecule has 1 amide bonds. The second kappa shape index (κ2) is 5.35. The Labute approximate surface area is 126 Å². The number of primary amides is 1. The summed E-state index contributed by atoms with van der Waals surface area (Å²) < 4.78 is 12.0. The molecule has 0 bridgehead atoms. The summed E-state index contributed by atoms with van der Waals surface area (Å²) in [6.07, 6.45) is 0. The minimum absolute atomic E-state index is 0.391. The number of hydrogen-bond donors (Lipinski definition) is 2. The Morgan fingerprint density at radius 1 is 1.24 bits per heavy atom. The van der Waals surface area contributed by atoms with Gasteiger partial charge >= 0.3 is 7.12 Å². The van der Waals surface area contributed by atoms with E-state index in [2.05, 4.69) is 5.32 Å². The standard InChI is InChI=1S/C15H23BN2O3/c1-6-18-12-9-10(7-8-11(12)13(17)19)16-20-14(2,3)15(4,5)21-16/h7-9,18H,6H2,1-5H3,(H2,17,19). The maximum absolute atomic E-state index is 11.5. The number of hydrogen-bond acceptors (Lipinski definition) is 4. The number of carbonyl (C=O) groups is 1. The van der Waals surface area contributed by atoms with Crippen molar-refractivity contribution in [3.05, 3.63) is 23.8 Å². The Balaban J connectivity index is 2.34. The molecule has 5 nitrogen and oxygen atoms in total. The van der Waals surface area contributed by atoms with Gasteiger partial charge in [0.2, 0.25) is 0 Å². The van der Waals surface area contributed by atoms with Crippen molar-refractivity contribution < 1.29 is 14.1 Å². The highest BCUT2D eigenvalue weighted by atomic mass is 16.7. The fourth-order valence-corrected chi connectivity index (χ4v) is 2.24. The molecule has 1 aromatic carbocycles. The summed E-state index contributed by atoms with van der Waals surface area (Å²) in [6.45, 7) is 10.7. The number of amides is 1. The van der Waals surface area contributed by atoms with Gasteiger partial charge in [0.1, 0.15) is 0 Å². The second-order valence-corrected chi connectivity index (χ2v) is 6.29. The predicted octanol–water partition coefficient (Wildman–Crippen LogP) is 1.52. The number of nitrogens with two attached hydrogens (primary N) is 1. The van der Waals surface area contributed by atoms with Crippen LogP contribution in [0.25, 0.3) is 0 Å². The van der Waals surface area contributed by atoms with Gasteiger partial charge in [0.25, 0.3) is 5.91 Å². The van der Waals surface area contributed by atoms with Crippen LogP contribution in [0.3, 0.4) is 0 Å². The van der Waals surface area contributed by atoms with E-state index in [1.54, 1.807) is 6.07 Å². The summed E-state index contributed by atoms with van der Waals surface area (Å²) in [5.74, 6) is -0.452. The Hall–Kier alpha value is -1.53. The summed E-state index contributed by atoms with van der Waals surface area (Å²) in [5, 5.41) is 3.15. The summed E-state index contributed by atoms with van der Waals surface area (Å²) in [7, 11) is -0.450. The minimum Gasteiger partial charge on any atom is -0.399 e. The van der Waals surface area contributed by atoms with Gasteiger partial charge in [-0.1, -0.05) is 6.07 Å². The average molecular weight is 290 g/mol. The normalized spacial score (nSPS) is 19.6. The van der Waals surface area contributed by atoms with Crippen molar-refractivity contribution in [2.45, 2.75) is 45.8 Å². The van der Waals surface area contributed by atoms with Crippen LogP contribution in [0.4, 0.5) is 5.69 Å². The highest BCUT2D eigenvalue weighted by Gasteiger charge is 2.51. The molecule has 21 heavy (non-hydrogen) atoms. The van der Waals surface area contributed by atoms with Gasteiger partial charge in [-0.25, -0.2) is 0 Å². The molecule has 0 aliphatic carbocycles. The van der Waals surface area contributed by atoms with Crippen LogP contribution in [0.15, 0.2) is 18.2 Å².